The molecule has 6 nitrogen and oxygen atoms in total. The van der Waals surface area contributed by atoms with Crippen LogP contribution in [0.4, 0.5) is 0 Å². The largest absolute Gasteiger partial charge is 0.480 e. The van der Waals surface area contributed by atoms with Crippen LogP contribution in [0.2, 0.25) is 0 Å². The number of aliphatic carboxylic acids is 1. The van der Waals surface area contributed by atoms with E-state index in [0.717, 1.165) is 47.8 Å². The smallest absolute Gasteiger partial charge is 0.321 e. The fraction of sp³-hybridized carbons (Fsp3) is 0.417. The first-order valence-electron chi connectivity index (χ1n) is 10.6. The van der Waals surface area contributed by atoms with Gasteiger partial charge in [-0.05, 0) is 63.5 Å². The number of rotatable bonds is 7. The Bertz CT molecular complexity index is 1000. The van der Waals surface area contributed by atoms with E-state index in [-0.39, 0.29) is 36.4 Å². The Balaban J connectivity index is 0.00000181. The van der Waals surface area contributed by atoms with Crippen molar-refractivity contribution in [1.82, 2.24) is 20.2 Å². The molecule has 3 N–H and O–H groups in total. The number of aromatic nitrogens is 2. The van der Waals surface area contributed by atoms with E-state index in [1.54, 1.807) is 0 Å². The zero-order valence-corrected chi connectivity index (χ0v) is 20.1. The van der Waals surface area contributed by atoms with Crippen molar-refractivity contribution in [2.75, 3.05) is 14.1 Å². The number of hydrogen-bond acceptors (Lipinski definition) is 4. The third-order valence-corrected chi connectivity index (χ3v) is 6.64. The minimum atomic E-state index is -0.797. The summed E-state index contributed by atoms with van der Waals surface area (Å²) in [5.74, 6) is -0.797. The fourth-order valence-electron chi connectivity index (χ4n) is 4.85. The third kappa shape index (κ3) is 5.26. The first-order valence-corrected chi connectivity index (χ1v) is 10.6. The lowest BCUT2D eigenvalue weighted by atomic mass is 9.76. The summed E-state index contributed by atoms with van der Waals surface area (Å²) in [6.45, 7) is 0. The van der Waals surface area contributed by atoms with Gasteiger partial charge >= 0.3 is 5.97 Å². The van der Waals surface area contributed by atoms with Crippen molar-refractivity contribution in [3.8, 4) is 0 Å². The zero-order chi connectivity index (χ0) is 21.1. The highest BCUT2D eigenvalue weighted by molar-refractivity contribution is 5.86. The Labute approximate surface area is 201 Å². The minimum Gasteiger partial charge on any atom is -0.480 e. The highest BCUT2D eigenvalue weighted by atomic mass is 35.5. The Morgan fingerprint density at radius 2 is 1.88 bits per heavy atom. The quantitative estimate of drug-likeness (QED) is 0.468. The van der Waals surface area contributed by atoms with Crippen molar-refractivity contribution in [1.29, 1.82) is 0 Å². The molecule has 2 aromatic heterocycles. The number of nitrogens with zero attached hydrogens (tertiary/aromatic N) is 2. The molecule has 3 aromatic rings. The number of hydrogen-bond donors (Lipinski definition) is 3. The number of fused-ring (bicyclic) bond motifs is 1. The number of carbonyl (C=O) groups is 1. The topological polar surface area (TPSA) is 81.2 Å². The van der Waals surface area contributed by atoms with Crippen molar-refractivity contribution in [2.45, 2.75) is 49.7 Å². The molecule has 174 valence electrons. The number of aromatic amines is 1. The molecule has 0 spiro atoms. The predicted octanol–water partition coefficient (Wildman–Crippen LogP) is 4.39. The molecule has 0 bridgehead atoms. The van der Waals surface area contributed by atoms with Gasteiger partial charge in [-0.15, -0.1) is 24.8 Å². The summed E-state index contributed by atoms with van der Waals surface area (Å²) >= 11 is 0. The molecular weight excluding hydrogens is 447 g/mol. The number of carboxylic acid groups (broad SMARTS) is 1. The van der Waals surface area contributed by atoms with E-state index in [4.69, 9.17) is 0 Å². The standard InChI is InChI=1S/C24H30N4O2.2ClH/c1-28(2)24(22-9-5-6-14-25-22)12-10-18(11-13-24)27-21(23(29)30)15-17-16-26-20-8-4-3-7-19(17)20;;/h3-9,14,16,18,21,26-27H,10-13,15H2,1-2H3,(H,29,30);2*1H. The van der Waals surface area contributed by atoms with E-state index in [9.17, 15) is 9.90 Å². The average molecular weight is 479 g/mol. The lowest BCUT2D eigenvalue weighted by Crippen LogP contribution is -2.51. The number of carboxylic acids is 1. The van der Waals surface area contributed by atoms with Gasteiger partial charge in [0.1, 0.15) is 6.04 Å². The van der Waals surface area contributed by atoms with Crippen LogP contribution in [0.25, 0.3) is 10.9 Å². The number of halogens is 2. The summed E-state index contributed by atoms with van der Waals surface area (Å²) < 4.78 is 0. The van der Waals surface area contributed by atoms with Crippen molar-refractivity contribution in [2.24, 2.45) is 0 Å². The van der Waals surface area contributed by atoms with E-state index in [1.807, 2.05) is 48.8 Å². The van der Waals surface area contributed by atoms with Gasteiger partial charge in [-0.2, -0.15) is 0 Å². The molecule has 1 aromatic carbocycles. The van der Waals surface area contributed by atoms with Gasteiger partial charge in [0, 0.05) is 35.8 Å². The maximum Gasteiger partial charge on any atom is 0.321 e. The van der Waals surface area contributed by atoms with Crippen LogP contribution in [0.3, 0.4) is 0 Å². The molecular formula is C24H32Cl2N4O2. The van der Waals surface area contributed by atoms with E-state index in [2.05, 4.69) is 40.3 Å². The van der Waals surface area contributed by atoms with Crippen LogP contribution in [0.5, 0.6) is 0 Å². The lowest BCUT2D eigenvalue weighted by Gasteiger charge is -2.45. The van der Waals surface area contributed by atoms with E-state index in [1.165, 1.54) is 0 Å². The average Bonchev–Trinajstić information content (AvgIpc) is 3.17. The van der Waals surface area contributed by atoms with Crippen LogP contribution < -0.4 is 5.32 Å². The molecule has 0 aliphatic heterocycles. The van der Waals surface area contributed by atoms with Gasteiger partial charge in [0.05, 0.1) is 11.2 Å². The summed E-state index contributed by atoms with van der Waals surface area (Å²) in [7, 11) is 4.22. The molecule has 0 radical (unpaired) electrons. The van der Waals surface area contributed by atoms with Gasteiger partial charge in [-0.25, -0.2) is 0 Å². The summed E-state index contributed by atoms with van der Waals surface area (Å²) in [5, 5.41) is 14.4. The van der Waals surface area contributed by atoms with E-state index < -0.39 is 12.0 Å². The van der Waals surface area contributed by atoms with Gasteiger partial charge in [0.2, 0.25) is 0 Å². The number of benzene rings is 1. The van der Waals surface area contributed by atoms with E-state index in [0.29, 0.717) is 6.42 Å². The lowest BCUT2D eigenvalue weighted by molar-refractivity contribution is -0.139. The zero-order valence-electron chi connectivity index (χ0n) is 18.5. The third-order valence-electron chi connectivity index (χ3n) is 6.64. The van der Waals surface area contributed by atoms with Crippen molar-refractivity contribution >= 4 is 41.7 Å². The monoisotopic (exact) mass is 478 g/mol. The number of pyridine rings is 1. The molecule has 8 heteroatoms. The van der Waals surface area contributed by atoms with Crippen LogP contribution in [-0.4, -0.2) is 52.1 Å². The second-order valence-corrected chi connectivity index (χ2v) is 8.54. The molecule has 2 heterocycles. The summed E-state index contributed by atoms with van der Waals surface area (Å²) in [5.41, 5.74) is 3.09. The highest BCUT2D eigenvalue weighted by Gasteiger charge is 2.40. The molecule has 1 unspecified atom stereocenters. The van der Waals surface area contributed by atoms with Crippen LogP contribution in [-0.2, 0) is 16.8 Å². The maximum atomic E-state index is 12.0. The molecule has 1 saturated carbocycles. The van der Waals surface area contributed by atoms with Crippen molar-refractivity contribution in [3.05, 3.63) is 66.1 Å². The molecule has 1 aliphatic rings. The molecule has 0 amide bonds. The normalized spacial score (nSPS) is 21.5. The summed E-state index contributed by atoms with van der Waals surface area (Å²) in [6.07, 6.45) is 8.00. The van der Waals surface area contributed by atoms with Gasteiger partial charge < -0.3 is 15.4 Å². The SMILES string of the molecule is CN(C)C1(c2ccccn2)CCC(NC(Cc2c[nH]c3ccccc23)C(=O)O)CC1.Cl.Cl. The van der Waals surface area contributed by atoms with E-state index >= 15 is 0 Å². The second-order valence-electron chi connectivity index (χ2n) is 8.54. The van der Waals surface area contributed by atoms with Crippen molar-refractivity contribution in [3.63, 3.8) is 0 Å². The predicted molar refractivity (Wildman–Crippen MR) is 133 cm³/mol. The van der Waals surface area contributed by atoms with Crippen LogP contribution in [0.15, 0.2) is 54.9 Å². The summed E-state index contributed by atoms with van der Waals surface area (Å²) in [4.78, 5) is 22.1. The fourth-order valence-corrected chi connectivity index (χ4v) is 4.85. The molecule has 4 rings (SSSR count). The molecule has 0 saturated heterocycles. The van der Waals surface area contributed by atoms with Crippen LogP contribution in [0.1, 0.15) is 36.9 Å². The maximum absolute atomic E-state index is 12.0. The number of para-hydroxylation sites is 1. The Kier molecular flexibility index (Phi) is 9.10. The Morgan fingerprint density at radius 3 is 2.50 bits per heavy atom. The first kappa shape index (κ1) is 26.1. The Hall–Kier alpha value is -2.12. The summed E-state index contributed by atoms with van der Waals surface area (Å²) in [6, 6.07) is 13.7. The molecule has 1 fully saturated rings. The highest BCUT2D eigenvalue weighted by Crippen LogP contribution is 2.40. The van der Waals surface area contributed by atoms with Gasteiger partial charge in [-0.1, -0.05) is 24.3 Å². The number of nitrogens with one attached hydrogen (secondary N) is 2. The minimum absolute atomic E-state index is 0. The van der Waals surface area contributed by atoms with Crippen LogP contribution in [0, 0.1) is 0 Å². The molecule has 32 heavy (non-hydrogen) atoms. The molecule has 1 atom stereocenters. The van der Waals surface area contributed by atoms with Gasteiger partial charge in [-0.3, -0.25) is 14.7 Å². The number of H-pyrrole nitrogens is 1. The first-order chi connectivity index (χ1) is 14.5. The van der Waals surface area contributed by atoms with Gasteiger partial charge in [0.25, 0.3) is 0 Å². The van der Waals surface area contributed by atoms with Crippen molar-refractivity contribution < 1.29 is 9.90 Å². The Morgan fingerprint density at radius 1 is 1.19 bits per heavy atom. The second kappa shape index (κ2) is 11.1. The molecule has 1 aliphatic carbocycles. The van der Waals surface area contributed by atoms with Gasteiger partial charge in [0.15, 0.2) is 0 Å². The van der Waals surface area contributed by atoms with Crippen LogP contribution >= 0.6 is 24.8 Å².